The number of amides is 1. The molecule has 0 aliphatic heterocycles. The van der Waals surface area contributed by atoms with Gasteiger partial charge in [0.25, 0.3) is 5.91 Å². The van der Waals surface area contributed by atoms with Crippen LogP contribution in [0.4, 0.5) is 5.82 Å². The van der Waals surface area contributed by atoms with Gasteiger partial charge >= 0.3 is 0 Å². The summed E-state index contributed by atoms with van der Waals surface area (Å²) in [5.41, 5.74) is 3.19. The lowest BCUT2D eigenvalue weighted by atomic mass is 9.92. The van der Waals surface area contributed by atoms with E-state index in [9.17, 15) is 9.90 Å². The Balaban J connectivity index is 1.63. The van der Waals surface area contributed by atoms with Gasteiger partial charge in [0, 0.05) is 36.3 Å². The van der Waals surface area contributed by atoms with Gasteiger partial charge in [-0.15, -0.1) is 0 Å². The molecule has 2 aromatic carbocycles. The average molecular weight is 416 g/mol. The van der Waals surface area contributed by atoms with Crippen LogP contribution >= 0.6 is 0 Å². The van der Waals surface area contributed by atoms with Gasteiger partial charge in [0.2, 0.25) is 0 Å². The van der Waals surface area contributed by atoms with Crippen LogP contribution in [-0.2, 0) is 5.60 Å². The average Bonchev–Trinajstić information content (AvgIpc) is 3.14. The van der Waals surface area contributed by atoms with Crippen LogP contribution in [0, 0.1) is 6.92 Å². The van der Waals surface area contributed by atoms with Gasteiger partial charge in [-0.2, -0.15) is 5.10 Å². The van der Waals surface area contributed by atoms with E-state index in [-0.39, 0.29) is 18.9 Å². The standard InChI is InChI=1S/C24H24N4O3/c1-16-14-22-25-21(15-20(28(22)27-16)17-6-4-3-5-7-17)26-23(30)18-8-10-19(11-9-18)24(2,31)12-13-29/h3-11,14-15,29,31H,12-13H2,1-2H3,(H,25,26,30). The summed E-state index contributed by atoms with van der Waals surface area (Å²) in [5, 5.41) is 26.9. The second kappa shape index (κ2) is 8.29. The highest BCUT2D eigenvalue weighted by molar-refractivity contribution is 6.04. The first-order valence-corrected chi connectivity index (χ1v) is 10.1. The molecule has 0 fully saturated rings. The fraction of sp³-hybridized carbons (Fsp3) is 0.208. The number of aromatic nitrogens is 3. The Bertz CT molecular complexity index is 1220. The fourth-order valence-electron chi connectivity index (χ4n) is 3.50. The molecule has 7 heteroatoms. The zero-order valence-corrected chi connectivity index (χ0v) is 17.4. The Hall–Kier alpha value is -3.55. The van der Waals surface area contributed by atoms with Crippen molar-refractivity contribution < 1.29 is 15.0 Å². The molecule has 7 nitrogen and oxygen atoms in total. The molecule has 4 rings (SSSR count). The zero-order chi connectivity index (χ0) is 22.0. The fourth-order valence-corrected chi connectivity index (χ4v) is 3.50. The Morgan fingerprint density at radius 3 is 2.48 bits per heavy atom. The largest absolute Gasteiger partial charge is 0.396 e. The summed E-state index contributed by atoms with van der Waals surface area (Å²) >= 11 is 0. The number of nitrogens with zero attached hydrogens (tertiary/aromatic N) is 3. The van der Waals surface area contributed by atoms with Gasteiger partial charge < -0.3 is 15.5 Å². The predicted molar refractivity (Wildman–Crippen MR) is 119 cm³/mol. The van der Waals surface area contributed by atoms with Gasteiger partial charge in [-0.3, -0.25) is 4.79 Å². The molecule has 0 aliphatic carbocycles. The molecule has 3 N–H and O–H groups in total. The normalized spacial score (nSPS) is 13.2. The molecule has 0 saturated carbocycles. The summed E-state index contributed by atoms with van der Waals surface area (Å²) in [7, 11) is 0. The first-order chi connectivity index (χ1) is 14.9. The lowest BCUT2D eigenvalue weighted by Crippen LogP contribution is -2.23. The van der Waals surface area contributed by atoms with E-state index >= 15 is 0 Å². The molecule has 0 aliphatic rings. The molecular weight excluding hydrogens is 392 g/mol. The number of aliphatic hydroxyl groups is 2. The Labute approximate surface area is 180 Å². The maximum absolute atomic E-state index is 12.8. The van der Waals surface area contributed by atoms with E-state index < -0.39 is 5.60 Å². The quantitative estimate of drug-likeness (QED) is 0.446. The van der Waals surface area contributed by atoms with Crippen LogP contribution in [0.3, 0.4) is 0 Å². The summed E-state index contributed by atoms with van der Waals surface area (Å²) in [6.45, 7) is 3.41. The van der Waals surface area contributed by atoms with Gasteiger partial charge in [-0.05, 0) is 31.5 Å². The number of anilines is 1. The number of fused-ring (bicyclic) bond motifs is 1. The molecule has 0 spiro atoms. The molecule has 158 valence electrons. The van der Waals surface area contributed by atoms with E-state index in [0.717, 1.165) is 17.0 Å². The van der Waals surface area contributed by atoms with Crippen molar-refractivity contribution in [1.82, 2.24) is 14.6 Å². The van der Waals surface area contributed by atoms with Crippen LogP contribution in [0.15, 0.2) is 66.7 Å². The minimum absolute atomic E-state index is 0.124. The van der Waals surface area contributed by atoms with Crippen LogP contribution in [0.1, 0.15) is 35.0 Å². The second-order valence-electron chi connectivity index (χ2n) is 7.73. The number of hydrogen-bond acceptors (Lipinski definition) is 5. The van der Waals surface area contributed by atoms with E-state index in [1.165, 1.54) is 0 Å². The van der Waals surface area contributed by atoms with Crippen LogP contribution in [0.2, 0.25) is 0 Å². The highest BCUT2D eigenvalue weighted by Gasteiger charge is 2.22. The topological polar surface area (TPSA) is 99.8 Å². The Morgan fingerprint density at radius 1 is 1.10 bits per heavy atom. The third-order valence-electron chi connectivity index (χ3n) is 5.23. The van der Waals surface area contributed by atoms with Crippen molar-refractivity contribution in [3.63, 3.8) is 0 Å². The van der Waals surface area contributed by atoms with Crippen molar-refractivity contribution in [1.29, 1.82) is 0 Å². The number of rotatable bonds is 6. The minimum atomic E-state index is -1.15. The van der Waals surface area contributed by atoms with Crippen molar-refractivity contribution in [3.8, 4) is 11.3 Å². The molecule has 2 aromatic heterocycles. The second-order valence-corrected chi connectivity index (χ2v) is 7.73. The molecule has 0 radical (unpaired) electrons. The lowest BCUT2D eigenvalue weighted by Gasteiger charge is -2.22. The number of benzene rings is 2. The maximum Gasteiger partial charge on any atom is 0.256 e. The molecule has 1 atom stereocenters. The van der Waals surface area contributed by atoms with Crippen molar-refractivity contribution in [2.75, 3.05) is 11.9 Å². The first kappa shape index (κ1) is 20.7. The monoisotopic (exact) mass is 416 g/mol. The van der Waals surface area contributed by atoms with Crippen LogP contribution in [-0.4, -0.2) is 37.3 Å². The van der Waals surface area contributed by atoms with Gasteiger partial charge in [0.1, 0.15) is 5.82 Å². The molecule has 2 heterocycles. The predicted octanol–water partition coefficient (Wildman–Crippen LogP) is 3.55. The SMILES string of the molecule is Cc1cc2nc(NC(=O)c3ccc(C(C)(O)CCO)cc3)cc(-c3ccccc3)n2n1. The third-order valence-corrected chi connectivity index (χ3v) is 5.23. The molecule has 1 amide bonds. The lowest BCUT2D eigenvalue weighted by molar-refractivity contribution is 0.0299. The summed E-state index contributed by atoms with van der Waals surface area (Å²) in [6.07, 6.45) is 0.218. The summed E-state index contributed by atoms with van der Waals surface area (Å²) in [4.78, 5) is 17.3. The number of carbonyl (C=O) groups is 1. The van der Waals surface area contributed by atoms with Crippen LogP contribution < -0.4 is 5.32 Å². The highest BCUT2D eigenvalue weighted by Crippen LogP contribution is 2.26. The smallest absolute Gasteiger partial charge is 0.256 e. The van der Waals surface area contributed by atoms with E-state index in [2.05, 4.69) is 15.4 Å². The number of carbonyl (C=O) groups excluding carboxylic acids is 1. The summed E-state index contributed by atoms with van der Waals surface area (Å²) in [6, 6.07) is 20.1. The van der Waals surface area contributed by atoms with E-state index in [1.54, 1.807) is 41.8 Å². The molecule has 4 aromatic rings. The summed E-state index contributed by atoms with van der Waals surface area (Å²) < 4.78 is 1.76. The maximum atomic E-state index is 12.8. The Kier molecular flexibility index (Phi) is 5.54. The molecule has 0 saturated heterocycles. The number of hydrogen-bond donors (Lipinski definition) is 3. The molecule has 0 bridgehead atoms. The minimum Gasteiger partial charge on any atom is -0.396 e. The zero-order valence-electron chi connectivity index (χ0n) is 17.4. The first-order valence-electron chi connectivity index (χ1n) is 10.1. The van der Waals surface area contributed by atoms with Crippen LogP contribution in [0.25, 0.3) is 16.9 Å². The van der Waals surface area contributed by atoms with Gasteiger partial charge in [-0.1, -0.05) is 42.5 Å². The third kappa shape index (κ3) is 4.33. The van der Waals surface area contributed by atoms with Crippen LogP contribution in [0.5, 0.6) is 0 Å². The van der Waals surface area contributed by atoms with E-state index in [1.807, 2.05) is 43.3 Å². The molecule has 1 unspecified atom stereocenters. The number of nitrogens with one attached hydrogen (secondary N) is 1. The van der Waals surface area contributed by atoms with Crippen molar-refractivity contribution in [2.24, 2.45) is 0 Å². The number of aliphatic hydroxyl groups excluding tert-OH is 1. The van der Waals surface area contributed by atoms with Gasteiger partial charge in [0.15, 0.2) is 5.65 Å². The van der Waals surface area contributed by atoms with Gasteiger partial charge in [0.05, 0.1) is 17.0 Å². The van der Waals surface area contributed by atoms with Crippen molar-refractivity contribution >= 4 is 17.4 Å². The Morgan fingerprint density at radius 2 is 1.81 bits per heavy atom. The number of aryl methyl sites for hydroxylation is 1. The van der Waals surface area contributed by atoms with E-state index in [0.29, 0.717) is 22.6 Å². The molecular formula is C24H24N4O3. The van der Waals surface area contributed by atoms with Gasteiger partial charge in [-0.25, -0.2) is 9.50 Å². The molecule has 31 heavy (non-hydrogen) atoms. The van der Waals surface area contributed by atoms with E-state index in [4.69, 9.17) is 5.11 Å². The highest BCUT2D eigenvalue weighted by atomic mass is 16.3. The van der Waals surface area contributed by atoms with Crippen molar-refractivity contribution in [3.05, 3.63) is 83.6 Å². The summed E-state index contributed by atoms with van der Waals surface area (Å²) in [5.74, 6) is 0.119. The van der Waals surface area contributed by atoms with Crippen molar-refractivity contribution in [2.45, 2.75) is 25.9 Å².